The average Bonchev–Trinajstić information content (AvgIpc) is 2.38. The molecular weight excluding hydrogens is 248 g/mol. The fourth-order valence-electron chi connectivity index (χ4n) is 2.09. The normalized spacial score (nSPS) is 19.9. The number of likely N-dealkylation sites (tertiary alicyclic amines) is 1. The fraction of sp³-hybridized carbons (Fsp3) is 0.538. The van der Waals surface area contributed by atoms with Gasteiger partial charge in [-0.3, -0.25) is 0 Å². The molecule has 2 N–H and O–H groups in total. The van der Waals surface area contributed by atoms with E-state index < -0.39 is 11.4 Å². The first-order chi connectivity index (χ1) is 8.65. The van der Waals surface area contributed by atoms with Gasteiger partial charge in [0.25, 0.3) is 0 Å². The highest BCUT2D eigenvalue weighted by Gasteiger charge is 2.16. The minimum absolute atomic E-state index is 0.365. The van der Waals surface area contributed by atoms with E-state index in [0.717, 1.165) is 31.5 Å². The number of nitrogens with two attached hydrogens (primary N) is 1. The van der Waals surface area contributed by atoms with Gasteiger partial charge in [0.1, 0.15) is 0 Å². The van der Waals surface area contributed by atoms with E-state index in [9.17, 15) is 4.55 Å². The molecule has 5 heteroatoms. The highest BCUT2D eigenvalue weighted by atomic mass is 32.2. The van der Waals surface area contributed by atoms with Crippen molar-refractivity contribution in [2.45, 2.75) is 30.4 Å². The van der Waals surface area contributed by atoms with Gasteiger partial charge >= 0.3 is 0 Å². The highest BCUT2D eigenvalue weighted by Crippen LogP contribution is 2.15. The first-order valence-corrected chi connectivity index (χ1v) is 7.41. The molecule has 0 spiro atoms. The third-order valence-electron chi connectivity index (χ3n) is 3.31. The second-order valence-electron chi connectivity index (χ2n) is 4.75. The predicted molar refractivity (Wildman–Crippen MR) is 72.3 cm³/mol. The number of rotatable bonds is 4. The van der Waals surface area contributed by atoms with Gasteiger partial charge in [0.05, 0.1) is 24.1 Å². The van der Waals surface area contributed by atoms with Gasteiger partial charge < -0.3 is 14.2 Å². The van der Waals surface area contributed by atoms with Gasteiger partial charge in [0.2, 0.25) is 0 Å². The van der Waals surface area contributed by atoms with Crippen molar-refractivity contribution in [3.05, 3.63) is 29.8 Å². The van der Waals surface area contributed by atoms with E-state index >= 15 is 0 Å². The second-order valence-corrected chi connectivity index (χ2v) is 5.82. The van der Waals surface area contributed by atoms with E-state index in [4.69, 9.17) is 9.88 Å². The van der Waals surface area contributed by atoms with Crippen LogP contribution in [-0.4, -0.2) is 35.7 Å². The van der Waals surface area contributed by atoms with E-state index in [1.165, 1.54) is 0 Å². The van der Waals surface area contributed by atoms with Crippen LogP contribution in [-0.2, 0) is 22.7 Å². The van der Waals surface area contributed by atoms with Crippen molar-refractivity contribution in [2.24, 2.45) is 5.14 Å². The summed E-state index contributed by atoms with van der Waals surface area (Å²) in [5.74, 6) is 0. The lowest BCUT2D eigenvalue weighted by Crippen LogP contribution is -2.34. The monoisotopic (exact) mass is 268 g/mol. The van der Waals surface area contributed by atoms with Crippen LogP contribution >= 0.6 is 0 Å². The largest absolute Gasteiger partial charge is 0.593 e. The molecule has 1 unspecified atom stereocenters. The highest BCUT2D eigenvalue weighted by molar-refractivity contribution is 7.89. The fourth-order valence-corrected chi connectivity index (χ4v) is 2.49. The van der Waals surface area contributed by atoms with Crippen molar-refractivity contribution in [1.29, 1.82) is 0 Å². The lowest BCUT2D eigenvalue weighted by atomic mass is 10.1. The Labute approximate surface area is 111 Å². The summed E-state index contributed by atoms with van der Waals surface area (Å²) in [4.78, 5) is 2.98. The summed E-state index contributed by atoms with van der Waals surface area (Å²) in [7, 11) is 2.14. The first-order valence-electron chi connectivity index (χ1n) is 6.20. The predicted octanol–water partition coefficient (Wildman–Crippen LogP) is 1.28. The molecule has 0 amide bonds. The van der Waals surface area contributed by atoms with Crippen LogP contribution in [0.15, 0.2) is 29.2 Å². The molecule has 1 atom stereocenters. The van der Waals surface area contributed by atoms with Gasteiger partial charge in [-0.25, -0.2) is 0 Å². The molecule has 1 aliphatic heterocycles. The Balaban J connectivity index is 1.79. The number of piperidine rings is 1. The van der Waals surface area contributed by atoms with Crippen LogP contribution in [0.1, 0.15) is 18.4 Å². The Morgan fingerprint density at radius 3 is 2.50 bits per heavy atom. The Kier molecular flexibility index (Phi) is 5.03. The van der Waals surface area contributed by atoms with E-state index in [1.807, 2.05) is 12.1 Å². The molecule has 0 radical (unpaired) electrons. The smallest absolute Gasteiger partial charge is 0.173 e. The molecule has 0 aliphatic carbocycles. The molecule has 2 rings (SSSR count). The van der Waals surface area contributed by atoms with Crippen LogP contribution < -0.4 is 5.14 Å². The van der Waals surface area contributed by atoms with Gasteiger partial charge in [0, 0.05) is 13.1 Å². The van der Waals surface area contributed by atoms with Gasteiger partial charge in [-0.1, -0.05) is 12.1 Å². The molecule has 4 nitrogen and oxygen atoms in total. The average molecular weight is 268 g/mol. The summed E-state index contributed by atoms with van der Waals surface area (Å²) in [6.45, 7) is 2.83. The lowest BCUT2D eigenvalue weighted by molar-refractivity contribution is 0.00212. The number of hydrogen-bond acceptors (Lipinski definition) is 4. The van der Waals surface area contributed by atoms with Crippen LogP contribution in [0.25, 0.3) is 0 Å². The Bertz CT molecular complexity index is 362. The summed E-state index contributed by atoms with van der Waals surface area (Å²) in [6, 6.07) is 7.44. The number of nitrogens with zero attached hydrogens (tertiary/aromatic N) is 1. The van der Waals surface area contributed by atoms with Crippen molar-refractivity contribution >= 4 is 11.4 Å². The van der Waals surface area contributed by atoms with E-state index in [1.54, 1.807) is 12.1 Å². The van der Waals surface area contributed by atoms with Gasteiger partial charge in [-0.2, -0.15) is 0 Å². The molecule has 18 heavy (non-hydrogen) atoms. The molecule has 1 aromatic carbocycles. The molecule has 0 aromatic heterocycles. The van der Waals surface area contributed by atoms with Gasteiger partial charge in [-0.05, 0) is 37.6 Å². The van der Waals surface area contributed by atoms with Crippen LogP contribution in [0.5, 0.6) is 0 Å². The van der Waals surface area contributed by atoms with Crippen molar-refractivity contribution in [3.8, 4) is 0 Å². The maximum absolute atomic E-state index is 11.0. The van der Waals surface area contributed by atoms with Crippen LogP contribution in [0.3, 0.4) is 0 Å². The second kappa shape index (κ2) is 6.54. The molecule has 1 heterocycles. The zero-order chi connectivity index (χ0) is 13.0. The van der Waals surface area contributed by atoms with Crippen molar-refractivity contribution in [2.75, 3.05) is 20.1 Å². The van der Waals surface area contributed by atoms with Crippen molar-refractivity contribution in [3.63, 3.8) is 0 Å². The standard InChI is InChI=1S/C13H20N2O2S/c1-15-8-6-12(7-9-15)17-10-11-2-4-13(5-3-11)18(14)16/h2-5,12H,6-10,14H2,1H3. The van der Waals surface area contributed by atoms with Crippen molar-refractivity contribution in [1.82, 2.24) is 4.90 Å². The van der Waals surface area contributed by atoms with Gasteiger partial charge in [-0.15, -0.1) is 5.14 Å². The molecule has 100 valence electrons. The van der Waals surface area contributed by atoms with Crippen LogP contribution in [0.2, 0.25) is 0 Å². The quantitative estimate of drug-likeness (QED) is 0.836. The molecule has 1 aliphatic rings. The van der Waals surface area contributed by atoms with Gasteiger partial charge in [0.15, 0.2) is 4.90 Å². The Hall–Kier alpha value is -0.590. The third-order valence-corrected chi connectivity index (χ3v) is 4.04. The topological polar surface area (TPSA) is 61.5 Å². The molecule has 0 bridgehead atoms. The van der Waals surface area contributed by atoms with Crippen molar-refractivity contribution < 1.29 is 9.29 Å². The third kappa shape index (κ3) is 3.96. The van der Waals surface area contributed by atoms with E-state index in [-0.39, 0.29) is 0 Å². The van der Waals surface area contributed by atoms with Crippen LogP contribution in [0, 0.1) is 0 Å². The number of benzene rings is 1. The summed E-state index contributed by atoms with van der Waals surface area (Å²) in [5.41, 5.74) is 1.10. The summed E-state index contributed by atoms with van der Waals surface area (Å²) in [6.07, 6.45) is 2.56. The lowest BCUT2D eigenvalue weighted by Gasteiger charge is -2.28. The maximum atomic E-state index is 11.0. The summed E-state index contributed by atoms with van der Waals surface area (Å²) in [5, 5.41) is 5.30. The molecular formula is C13H20N2O2S. The van der Waals surface area contributed by atoms with E-state index in [2.05, 4.69) is 11.9 Å². The van der Waals surface area contributed by atoms with E-state index in [0.29, 0.717) is 17.6 Å². The minimum Gasteiger partial charge on any atom is -0.593 e. The molecule has 1 saturated heterocycles. The Morgan fingerprint density at radius 1 is 1.33 bits per heavy atom. The van der Waals surface area contributed by atoms with Crippen LogP contribution in [0.4, 0.5) is 0 Å². The first kappa shape index (κ1) is 13.8. The zero-order valence-corrected chi connectivity index (χ0v) is 11.5. The number of hydrogen-bond donors (Lipinski definition) is 1. The molecule has 1 aromatic rings. The number of ether oxygens (including phenoxy) is 1. The maximum Gasteiger partial charge on any atom is 0.173 e. The summed E-state index contributed by atoms with van der Waals surface area (Å²) >= 11 is -1.40. The Morgan fingerprint density at radius 2 is 1.94 bits per heavy atom. The zero-order valence-electron chi connectivity index (χ0n) is 10.7. The minimum atomic E-state index is -1.40. The summed E-state index contributed by atoms with van der Waals surface area (Å²) < 4.78 is 16.9. The SMILES string of the molecule is CN1CCC(OCc2ccc([S+](N)[O-])cc2)CC1. The molecule has 1 fully saturated rings. The molecule has 0 saturated carbocycles.